The Balaban J connectivity index is 2.00. The van der Waals surface area contributed by atoms with Crippen LogP contribution in [-0.4, -0.2) is 42.4 Å². The van der Waals surface area contributed by atoms with Crippen molar-refractivity contribution in [2.24, 2.45) is 0 Å². The third-order valence-corrected chi connectivity index (χ3v) is 4.19. The van der Waals surface area contributed by atoms with Crippen LogP contribution in [-0.2, 0) is 14.3 Å². The maximum atomic E-state index is 12.8. The number of para-hydroxylation sites is 1. The lowest BCUT2D eigenvalue weighted by molar-refractivity contribution is -0.144. The monoisotopic (exact) mass is 346 g/mol. The van der Waals surface area contributed by atoms with Gasteiger partial charge in [0.2, 0.25) is 5.91 Å². The van der Waals surface area contributed by atoms with Gasteiger partial charge in [-0.25, -0.2) is 0 Å². The third kappa shape index (κ3) is 5.89. The number of hydrogen-bond acceptors (Lipinski definition) is 4. The molecular weight excluding hydrogens is 320 g/mol. The molecule has 0 radical (unpaired) electrons. The predicted molar refractivity (Wildman–Crippen MR) is 95.3 cm³/mol. The number of hydrogen-bond donors (Lipinski definition) is 1. The highest BCUT2D eigenvalue weighted by molar-refractivity contribution is 6.04. The fourth-order valence-corrected chi connectivity index (χ4v) is 2.88. The summed E-state index contributed by atoms with van der Waals surface area (Å²) in [7, 11) is 0. The van der Waals surface area contributed by atoms with E-state index in [2.05, 4.69) is 5.32 Å². The van der Waals surface area contributed by atoms with Crippen LogP contribution in [0.25, 0.3) is 0 Å². The Hall–Kier alpha value is -2.37. The van der Waals surface area contributed by atoms with Gasteiger partial charge in [-0.05, 0) is 31.9 Å². The molecule has 0 atom stereocenters. The van der Waals surface area contributed by atoms with Crippen LogP contribution in [0.2, 0.25) is 0 Å². The highest BCUT2D eigenvalue weighted by Crippen LogP contribution is 2.20. The lowest BCUT2D eigenvalue weighted by Gasteiger charge is -2.22. The maximum absolute atomic E-state index is 12.8. The van der Waals surface area contributed by atoms with Gasteiger partial charge in [0, 0.05) is 19.5 Å². The van der Waals surface area contributed by atoms with Gasteiger partial charge in [-0.1, -0.05) is 25.0 Å². The van der Waals surface area contributed by atoms with Crippen molar-refractivity contribution in [3.63, 3.8) is 0 Å². The standard InChI is InChI=1S/C19H26N2O4/c1-2-25-18(23)12-11-17(22)20-16-10-6-5-9-15(16)19(24)21-13-7-3-4-8-14-21/h5-6,9-10H,2-4,7-8,11-14H2,1H3,(H,20,22). The van der Waals surface area contributed by atoms with Gasteiger partial charge in [0.25, 0.3) is 5.91 Å². The summed E-state index contributed by atoms with van der Waals surface area (Å²) in [5.41, 5.74) is 0.986. The summed E-state index contributed by atoms with van der Waals surface area (Å²) >= 11 is 0. The van der Waals surface area contributed by atoms with Crippen LogP contribution in [0, 0.1) is 0 Å². The van der Waals surface area contributed by atoms with E-state index in [4.69, 9.17) is 4.74 Å². The largest absolute Gasteiger partial charge is 0.466 e. The fourth-order valence-electron chi connectivity index (χ4n) is 2.88. The number of nitrogens with zero attached hydrogens (tertiary/aromatic N) is 1. The van der Waals surface area contributed by atoms with Crippen molar-refractivity contribution in [3.8, 4) is 0 Å². The molecule has 0 bridgehead atoms. The number of amides is 2. The first-order valence-electron chi connectivity index (χ1n) is 8.95. The number of nitrogens with one attached hydrogen (secondary N) is 1. The zero-order valence-electron chi connectivity index (χ0n) is 14.8. The number of esters is 1. The average Bonchev–Trinajstić information content (AvgIpc) is 2.89. The van der Waals surface area contributed by atoms with Crippen LogP contribution in [0.3, 0.4) is 0 Å². The SMILES string of the molecule is CCOC(=O)CCC(=O)Nc1ccccc1C(=O)N1CCCCCC1. The van der Waals surface area contributed by atoms with Crippen molar-refractivity contribution in [1.82, 2.24) is 4.90 Å². The van der Waals surface area contributed by atoms with Crippen molar-refractivity contribution in [1.29, 1.82) is 0 Å². The summed E-state index contributed by atoms with van der Waals surface area (Å²) in [5.74, 6) is -0.751. The van der Waals surface area contributed by atoms with Crippen LogP contribution in [0.1, 0.15) is 55.8 Å². The number of benzene rings is 1. The van der Waals surface area contributed by atoms with Gasteiger partial charge in [-0.2, -0.15) is 0 Å². The molecule has 25 heavy (non-hydrogen) atoms. The zero-order valence-corrected chi connectivity index (χ0v) is 14.8. The zero-order chi connectivity index (χ0) is 18.1. The molecule has 0 aliphatic carbocycles. The summed E-state index contributed by atoms with van der Waals surface area (Å²) < 4.78 is 4.82. The van der Waals surface area contributed by atoms with E-state index in [0.717, 1.165) is 38.8 Å². The minimum atomic E-state index is -0.397. The molecule has 2 rings (SSSR count). The van der Waals surface area contributed by atoms with E-state index in [9.17, 15) is 14.4 Å². The number of ether oxygens (including phenoxy) is 1. The Labute approximate surface area is 148 Å². The van der Waals surface area contributed by atoms with Crippen molar-refractivity contribution < 1.29 is 19.1 Å². The Morgan fingerprint density at radius 2 is 1.72 bits per heavy atom. The smallest absolute Gasteiger partial charge is 0.306 e. The van der Waals surface area contributed by atoms with Crippen LogP contribution < -0.4 is 5.32 Å². The van der Waals surface area contributed by atoms with E-state index in [1.807, 2.05) is 4.90 Å². The van der Waals surface area contributed by atoms with E-state index in [1.165, 1.54) is 0 Å². The van der Waals surface area contributed by atoms with E-state index in [0.29, 0.717) is 17.9 Å². The molecule has 2 amide bonds. The number of likely N-dealkylation sites (tertiary alicyclic amines) is 1. The van der Waals surface area contributed by atoms with Crippen molar-refractivity contribution in [2.45, 2.75) is 45.4 Å². The summed E-state index contributed by atoms with van der Waals surface area (Å²) in [5, 5.41) is 2.75. The first-order chi connectivity index (χ1) is 12.1. The minimum absolute atomic E-state index is 0.0297. The van der Waals surface area contributed by atoms with E-state index < -0.39 is 5.97 Å². The summed E-state index contributed by atoms with van der Waals surface area (Å²) in [6, 6.07) is 7.01. The molecule has 1 saturated heterocycles. The van der Waals surface area contributed by atoms with Gasteiger partial charge in [0.05, 0.1) is 24.3 Å². The van der Waals surface area contributed by atoms with Gasteiger partial charge in [-0.3, -0.25) is 14.4 Å². The lowest BCUT2D eigenvalue weighted by atomic mass is 10.1. The van der Waals surface area contributed by atoms with Gasteiger partial charge in [-0.15, -0.1) is 0 Å². The summed E-state index contributed by atoms with van der Waals surface area (Å²) in [6.07, 6.45) is 4.39. The fraction of sp³-hybridized carbons (Fsp3) is 0.526. The number of anilines is 1. The Kier molecular flexibility index (Phi) is 7.44. The molecule has 1 fully saturated rings. The Morgan fingerprint density at radius 3 is 2.40 bits per heavy atom. The molecule has 0 unspecified atom stereocenters. The molecule has 6 heteroatoms. The quantitative estimate of drug-likeness (QED) is 0.804. The van der Waals surface area contributed by atoms with E-state index in [-0.39, 0.29) is 24.7 Å². The second-order valence-corrected chi connectivity index (χ2v) is 6.11. The van der Waals surface area contributed by atoms with Crippen molar-refractivity contribution in [3.05, 3.63) is 29.8 Å². The second-order valence-electron chi connectivity index (χ2n) is 6.11. The summed E-state index contributed by atoms with van der Waals surface area (Å²) in [6.45, 7) is 3.53. The van der Waals surface area contributed by atoms with E-state index >= 15 is 0 Å². The first-order valence-corrected chi connectivity index (χ1v) is 8.95. The molecular formula is C19H26N2O4. The molecule has 1 aliphatic rings. The minimum Gasteiger partial charge on any atom is -0.466 e. The van der Waals surface area contributed by atoms with Crippen molar-refractivity contribution >= 4 is 23.5 Å². The molecule has 1 aliphatic heterocycles. The molecule has 136 valence electrons. The normalized spacial score (nSPS) is 14.5. The van der Waals surface area contributed by atoms with Gasteiger partial charge >= 0.3 is 5.97 Å². The topological polar surface area (TPSA) is 75.7 Å². The highest BCUT2D eigenvalue weighted by atomic mass is 16.5. The third-order valence-electron chi connectivity index (χ3n) is 4.19. The number of carbonyl (C=O) groups excluding carboxylic acids is 3. The molecule has 0 saturated carbocycles. The van der Waals surface area contributed by atoms with Crippen LogP contribution >= 0.6 is 0 Å². The molecule has 6 nitrogen and oxygen atoms in total. The molecule has 1 N–H and O–H groups in total. The number of rotatable bonds is 6. The maximum Gasteiger partial charge on any atom is 0.306 e. The average molecular weight is 346 g/mol. The van der Waals surface area contributed by atoms with Gasteiger partial charge in [0.15, 0.2) is 0 Å². The number of carbonyl (C=O) groups is 3. The molecule has 1 aromatic rings. The molecule has 1 heterocycles. The van der Waals surface area contributed by atoms with Gasteiger partial charge < -0.3 is 15.0 Å². The second kappa shape index (κ2) is 9.81. The first kappa shape index (κ1) is 19.0. The van der Waals surface area contributed by atoms with Crippen LogP contribution in [0.5, 0.6) is 0 Å². The lowest BCUT2D eigenvalue weighted by Crippen LogP contribution is -2.32. The Morgan fingerprint density at radius 1 is 1.04 bits per heavy atom. The molecule has 0 spiro atoms. The summed E-state index contributed by atoms with van der Waals surface area (Å²) in [4.78, 5) is 38.1. The van der Waals surface area contributed by atoms with E-state index in [1.54, 1.807) is 31.2 Å². The van der Waals surface area contributed by atoms with Crippen molar-refractivity contribution in [2.75, 3.05) is 25.0 Å². The predicted octanol–water partition coefficient (Wildman–Crippen LogP) is 2.98. The molecule has 1 aromatic carbocycles. The van der Waals surface area contributed by atoms with Crippen LogP contribution in [0.15, 0.2) is 24.3 Å². The van der Waals surface area contributed by atoms with Crippen LogP contribution in [0.4, 0.5) is 5.69 Å². The van der Waals surface area contributed by atoms with Gasteiger partial charge in [0.1, 0.15) is 0 Å². The highest BCUT2D eigenvalue weighted by Gasteiger charge is 2.20. The molecule has 0 aromatic heterocycles. The Bertz CT molecular complexity index is 607.